The highest BCUT2D eigenvalue weighted by molar-refractivity contribution is 5.95. The summed E-state index contributed by atoms with van der Waals surface area (Å²) in [4.78, 5) is 11.5. The average molecular weight is 222 g/mol. The van der Waals surface area contributed by atoms with Crippen LogP contribution in [0.2, 0.25) is 0 Å². The van der Waals surface area contributed by atoms with Gasteiger partial charge in [-0.1, -0.05) is 19.1 Å². The van der Waals surface area contributed by atoms with Crippen LogP contribution in [0.1, 0.15) is 18.9 Å². The van der Waals surface area contributed by atoms with E-state index in [1.54, 1.807) is 6.07 Å². The maximum Gasteiger partial charge on any atom is 0.250 e. The molecule has 0 aromatic heterocycles. The highest BCUT2D eigenvalue weighted by Gasteiger charge is 2.07. The molecule has 4 nitrogen and oxygen atoms in total. The van der Waals surface area contributed by atoms with E-state index < -0.39 is 0 Å². The van der Waals surface area contributed by atoms with Crippen LogP contribution < -0.4 is 11.1 Å². The third kappa shape index (κ3) is 3.55. The Kier molecular flexibility index (Phi) is 4.79. The number of amides is 1. The monoisotopic (exact) mass is 222 g/mol. The van der Waals surface area contributed by atoms with Crippen LogP contribution in [0, 0.1) is 6.92 Å². The standard InChI is InChI=1S/C12H18N2O2/c1-3-7-16-8-11(15)14-12-9(2)5-4-6-10(12)13/h4-6H,3,7-8,13H2,1-2H3,(H,14,15). The third-order valence-corrected chi connectivity index (χ3v) is 2.15. The molecule has 0 saturated carbocycles. The first-order valence-electron chi connectivity index (χ1n) is 5.37. The Balaban J connectivity index is 2.56. The van der Waals surface area contributed by atoms with Gasteiger partial charge in [-0.3, -0.25) is 4.79 Å². The summed E-state index contributed by atoms with van der Waals surface area (Å²) in [6.07, 6.45) is 0.903. The van der Waals surface area contributed by atoms with Crippen LogP contribution in [0.15, 0.2) is 18.2 Å². The van der Waals surface area contributed by atoms with Gasteiger partial charge in [0, 0.05) is 6.61 Å². The first-order chi connectivity index (χ1) is 7.65. The number of hydrogen-bond donors (Lipinski definition) is 2. The minimum absolute atomic E-state index is 0.0710. The Morgan fingerprint density at radius 2 is 2.25 bits per heavy atom. The predicted octanol–water partition coefficient (Wildman–Crippen LogP) is 1.94. The van der Waals surface area contributed by atoms with Crippen LogP contribution in [0.25, 0.3) is 0 Å². The number of ether oxygens (including phenoxy) is 1. The van der Waals surface area contributed by atoms with Crippen LogP contribution >= 0.6 is 0 Å². The summed E-state index contributed by atoms with van der Waals surface area (Å²) in [5, 5.41) is 2.75. The van der Waals surface area contributed by atoms with Crippen molar-refractivity contribution in [2.24, 2.45) is 0 Å². The summed E-state index contributed by atoms with van der Waals surface area (Å²) in [6, 6.07) is 5.52. The molecule has 88 valence electrons. The fraction of sp³-hybridized carbons (Fsp3) is 0.417. The van der Waals surface area contributed by atoms with Crippen LogP contribution in [0.5, 0.6) is 0 Å². The molecule has 0 heterocycles. The number of rotatable bonds is 5. The summed E-state index contributed by atoms with van der Waals surface area (Å²) in [5.74, 6) is -0.172. The Bertz CT molecular complexity index is 344. The lowest BCUT2D eigenvalue weighted by molar-refractivity contribution is -0.120. The maximum absolute atomic E-state index is 11.5. The van der Waals surface area contributed by atoms with Gasteiger partial charge in [0.05, 0.1) is 11.4 Å². The molecule has 0 aliphatic heterocycles. The van der Waals surface area contributed by atoms with Crippen molar-refractivity contribution in [1.82, 2.24) is 0 Å². The van der Waals surface area contributed by atoms with E-state index in [1.807, 2.05) is 26.0 Å². The highest BCUT2D eigenvalue weighted by Crippen LogP contribution is 2.22. The number of anilines is 2. The number of aryl methyl sites for hydroxylation is 1. The minimum Gasteiger partial charge on any atom is -0.397 e. The number of hydrogen-bond acceptors (Lipinski definition) is 3. The van der Waals surface area contributed by atoms with Gasteiger partial charge >= 0.3 is 0 Å². The number of benzene rings is 1. The Morgan fingerprint density at radius 1 is 1.50 bits per heavy atom. The van der Waals surface area contributed by atoms with E-state index in [2.05, 4.69) is 5.32 Å². The molecule has 1 rings (SSSR count). The van der Waals surface area contributed by atoms with Crippen molar-refractivity contribution in [3.8, 4) is 0 Å². The van der Waals surface area contributed by atoms with Crippen LogP contribution in [-0.2, 0) is 9.53 Å². The maximum atomic E-state index is 11.5. The van der Waals surface area contributed by atoms with Gasteiger partial charge in [0.15, 0.2) is 0 Å². The lowest BCUT2D eigenvalue weighted by atomic mass is 10.1. The molecule has 0 aliphatic rings. The van der Waals surface area contributed by atoms with Gasteiger partial charge in [0.2, 0.25) is 5.91 Å². The second-order valence-electron chi connectivity index (χ2n) is 3.64. The van der Waals surface area contributed by atoms with E-state index in [4.69, 9.17) is 10.5 Å². The molecule has 0 unspecified atom stereocenters. The van der Waals surface area contributed by atoms with E-state index in [9.17, 15) is 4.79 Å². The molecular formula is C12H18N2O2. The summed E-state index contributed by atoms with van der Waals surface area (Å²) in [7, 11) is 0. The zero-order valence-corrected chi connectivity index (χ0v) is 9.75. The quantitative estimate of drug-likeness (QED) is 0.591. The summed E-state index contributed by atoms with van der Waals surface area (Å²) >= 11 is 0. The highest BCUT2D eigenvalue weighted by atomic mass is 16.5. The topological polar surface area (TPSA) is 64.3 Å². The third-order valence-electron chi connectivity index (χ3n) is 2.15. The van der Waals surface area contributed by atoms with Gasteiger partial charge in [0.1, 0.15) is 6.61 Å². The molecule has 0 aliphatic carbocycles. The van der Waals surface area contributed by atoms with Crippen molar-refractivity contribution in [3.63, 3.8) is 0 Å². The molecule has 4 heteroatoms. The summed E-state index contributed by atoms with van der Waals surface area (Å²) < 4.78 is 5.14. The number of carbonyl (C=O) groups is 1. The zero-order chi connectivity index (χ0) is 12.0. The molecule has 0 spiro atoms. The number of nitrogens with one attached hydrogen (secondary N) is 1. The van der Waals surface area contributed by atoms with Gasteiger partial charge in [-0.05, 0) is 25.0 Å². The molecule has 1 amide bonds. The summed E-state index contributed by atoms with van der Waals surface area (Å²) in [6.45, 7) is 4.56. The van der Waals surface area contributed by atoms with Gasteiger partial charge < -0.3 is 15.8 Å². The number of carbonyl (C=O) groups excluding carboxylic acids is 1. The Labute approximate surface area is 95.8 Å². The lowest BCUT2D eigenvalue weighted by Crippen LogP contribution is -2.19. The molecule has 16 heavy (non-hydrogen) atoms. The first-order valence-corrected chi connectivity index (χ1v) is 5.37. The van der Waals surface area contributed by atoms with Crippen molar-refractivity contribution in [2.75, 3.05) is 24.3 Å². The molecule has 0 saturated heterocycles. The molecule has 0 bridgehead atoms. The van der Waals surface area contributed by atoms with E-state index >= 15 is 0 Å². The Morgan fingerprint density at radius 3 is 2.88 bits per heavy atom. The van der Waals surface area contributed by atoms with Crippen LogP contribution in [0.4, 0.5) is 11.4 Å². The normalized spacial score (nSPS) is 10.1. The molecule has 0 atom stereocenters. The van der Waals surface area contributed by atoms with Gasteiger partial charge in [-0.15, -0.1) is 0 Å². The number of nitrogens with two attached hydrogens (primary N) is 1. The van der Waals surface area contributed by atoms with Crippen LogP contribution in [-0.4, -0.2) is 19.1 Å². The van der Waals surface area contributed by atoms with Crippen molar-refractivity contribution in [3.05, 3.63) is 23.8 Å². The predicted molar refractivity (Wildman–Crippen MR) is 65.3 cm³/mol. The second kappa shape index (κ2) is 6.12. The van der Waals surface area contributed by atoms with Gasteiger partial charge in [-0.2, -0.15) is 0 Å². The van der Waals surface area contributed by atoms with Gasteiger partial charge in [0.25, 0.3) is 0 Å². The van der Waals surface area contributed by atoms with E-state index in [1.165, 1.54) is 0 Å². The van der Waals surface area contributed by atoms with E-state index in [-0.39, 0.29) is 12.5 Å². The molecule has 0 fully saturated rings. The Hall–Kier alpha value is -1.55. The number of nitrogen functional groups attached to an aromatic ring is 1. The van der Waals surface area contributed by atoms with E-state index in [0.29, 0.717) is 18.0 Å². The van der Waals surface area contributed by atoms with Crippen molar-refractivity contribution in [2.45, 2.75) is 20.3 Å². The molecule has 1 aromatic rings. The van der Waals surface area contributed by atoms with Crippen molar-refractivity contribution < 1.29 is 9.53 Å². The molecule has 0 radical (unpaired) electrons. The minimum atomic E-state index is -0.172. The largest absolute Gasteiger partial charge is 0.397 e. The SMILES string of the molecule is CCCOCC(=O)Nc1c(C)cccc1N. The first kappa shape index (κ1) is 12.5. The fourth-order valence-electron chi connectivity index (χ4n) is 1.35. The zero-order valence-electron chi connectivity index (χ0n) is 9.75. The average Bonchev–Trinajstić information content (AvgIpc) is 2.24. The smallest absolute Gasteiger partial charge is 0.250 e. The van der Waals surface area contributed by atoms with Crippen molar-refractivity contribution in [1.29, 1.82) is 0 Å². The number of para-hydroxylation sites is 1. The lowest BCUT2D eigenvalue weighted by Gasteiger charge is -2.11. The molecular weight excluding hydrogens is 204 g/mol. The van der Waals surface area contributed by atoms with Crippen LogP contribution in [0.3, 0.4) is 0 Å². The van der Waals surface area contributed by atoms with Crippen molar-refractivity contribution >= 4 is 17.3 Å². The second-order valence-corrected chi connectivity index (χ2v) is 3.64. The molecule has 3 N–H and O–H groups in total. The molecule has 1 aromatic carbocycles. The summed E-state index contributed by atoms with van der Waals surface area (Å²) in [5.41, 5.74) is 7.96. The van der Waals surface area contributed by atoms with E-state index in [0.717, 1.165) is 12.0 Å². The fourth-order valence-corrected chi connectivity index (χ4v) is 1.35. The van der Waals surface area contributed by atoms with Gasteiger partial charge in [-0.25, -0.2) is 0 Å².